The van der Waals surface area contributed by atoms with E-state index < -0.39 is 0 Å². The Labute approximate surface area is 135 Å². The van der Waals surface area contributed by atoms with Gasteiger partial charge in [0.1, 0.15) is 0 Å². The molecular weight excluding hydrogens is 388 g/mol. The van der Waals surface area contributed by atoms with Gasteiger partial charge in [0.2, 0.25) is 0 Å². The van der Waals surface area contributed by atoms with E-state index in [-0.39, 0.29) is 0 Å². The highest BCUT2D eigenvalue weighted by Crippen LogP contribution is 2.31. The monoisotopic (exact) mass is 402 g/mol. The molecule has 1 N–H and O–H groups in total. The predicted molar refractivity (Wildman–Crippen MR) is 85.8 cm³/mol. The van der Waals surface area contributed by atoms with Crippen LogP contribution in [0, 0.1) is 0 Å². The van der Waals surface area contributed by atoms with Crippen LogP contribution in [-0.4, -0.2) is 31.8 Å². The first-order chi connectivity index (χ1) is 9.70. The van der Waals surface area contributed by atoms with E-state index in [9.17, 15) is 0 Å². The minimum Gasteiger partial charge on any atom is -0.441 e. The SMILES string of the molecule is COCCNCCc1ncc(-c2cc(Br)ccc2Br)o1. The lowest BCUT2D eigenvalue weighted by molar-refractivity contribution is 0.199. The summed E-state index contributed by atoms with van der Waals surface area (Å²) >= 11 is 6.98. The van der Waals surface area contributed by atoms with Gasteiger partial charge in [0, 0.05) is 41.1 Å². The quantitative estimate of drug-likeness (QED) is 0.717. The molecule has 0 spiro atoms. The van der Waals surface area contributed by atoms with Gasteiger partial charge in [-0.15, -0.1) is 0 Å². The van der Waals surface area contributed by atoms with Gasteiger partial charge in [-0.1, -0.05) is 31.9 Å². The summed E-state index contributed by atoms with van der Waals surface area (Å²) in [5.41, 5.74) is 0.991. The molecule has 0 aliphatic rings. The van der Waals surface area contributed by atoms with Crippen LogP contribution in [0.2, 0.25) is 0 Å². The second-order valence-electron chi connectivity index (χ2n) is 4.24. The number of halogens is 2. The van der Waals surface area contributed by atoms with Crippen LogP contribution in [0.15, 0.2) is 37.8 Å². The first-order valence-electron chi connectivity index (χ1n) is 6.30. The van der Waals surface area contributed by atoms with Gasteiger partial charge < -0.3 is 14.5 Å². The Morgan fingerprint density at radius 3 is 2.95 bits per heavy atom. The molecule has 0 fully saturated rings. The smallest absolute Gasteiger partial charge is 0.196 e. The fraction of sp³-hybridized carbons (Fsp3) is 0.357. The summed E-state index contributed by atoms with van der Waals surface area (Å²) in [6.07, 6.45) is 2.52. The van der Waals surface area contributed by atoms with Crippen LogP contribution in [0.3, 0.4) is 0 Å². The minimum atomic E-state index is 0.710. The Balaban J connectivity index is 1.96. The molecule has 0 aliphatic heterocycles. The summed E-state index contributed by atoms with van der Waals surface area (Å²) < 4.78 is 12.7. The number of nitrogens with one attached hydrogen (secondary N) is 1. The molecule has 6 heteroatoms. The Hall–Kier alpha value is -0.690. The number of nitrogens with zero attached hydrogens (tertiary/aromatic N) is 1. The number of methoxy groups -OCH3 is 1. The van der Waals surface area contributed by atoms with Crippen molar-refractivity contribution >= 4 is 31.9 Å². The molecule has 0 amide bonds. The lowest BCUT2D eigenvalue weighted by atomic mass is 10.2. The van der Waals surface area contributed by atoms with Gasteiger partial charge in [-0.05, 0) is 18.2 Å². The molecule has 2 rings (SSSR count). The molecular formula is C14H16Br2N2O2. The first kappa shape index (κ1) is 15.7. The molecule has 0 unspecified atom stereocenters. The van der Waals surface area contributed by atoms with Crippen LogP contribution in [0.5, 0.6) is 0 Å². The van der Waals surface area contributed by atoms with Crippen molar-refractivity contribution in [3.05, 3.63) is 39.2 Å². The third kappa shape index (κ3) is 4.41. The zero-order valence-corrected chi connectivity index (χ0v) is 14.3. The van der Waals surface area contributed by atoms with E-state index in [0.29, 0.717) is 6.61 Å². The maximum atomic E-state index is 5.78. The zero-order chi connectivity index (χ0) is 14.4. The lowest BCUT2D eigenvalue weighted by Gasteiger charge is -2.02. The van der Waals surface area contributed by atoms with Gasteiger partial charge in [0.05, 0.1) is 12.8 Å². The van der Waals surface area contributed by atoms with Crippen molar-refractivity contribution in [2.45, 2.75) is 6.42 Å². The van der Waals surface area contributed by atoms with Gasteiger partial charge in [-0.3, -0.25) is 0 Å². The van der Waals surface area contributed by atoms with E-state index in [4.69, 9.17) is 9.15 Å². The highest BCUT2D eigenvalue weighted by atomic mass is 79.9. The molecule has 1 aromatic heterocycles. The van der Waals surface area contributed by atoms with Crippen LogP contribution in [0.25, 0.3) is 11.3 Å². The van der Waals surface area contributed by atoms with Crippen molar-refractivity contribution in [3.8, 4) is 11.3 Å². The summed E-state index contributed by atoms with van der Waals surface area (Å²) in [5, 5.41) is 3.26. The van der Waals surface area contributed by atoms with Crippen molar-refractivity contribution in [1.29, 1.82) is 0 Å². The maximum Gasteiger partial charge on any atom is 0.196 e. The van der Waals surface area contributed by atoms with E-state index in [1.54, 1.807) is 13.3 Å². The van der Waals surface area contributed by atoms with Crippen LogP contribution >= 0.6 is 31.9 Å². The Morgan fingerprint density at radius 1 is 1.30 bits per heavy atom. The molecule has 0 radical (unpaired) electrons. The third-order valence-corrected chi connectivity index (χ3v) is 3.93. The van der Waals surface area contributed by atoms with Crippen molar-refractivity contribution in [2.75, 3.05) is 26.8 Å². The van der Waals surface area contributed by atoms with Gasteiger partial charge in [0.25, 0.3) is 0 Å². The number of oxazole rings is 1. The van der Waals surface area contributed by atoms with Crippen molar-refractivity contribution in [2.24, 2.45) is 0 Å². The first-order valence-corrected chi connectivity index (χ1v) is 7.89. The Morgan fingerprint density at radius 2 is 2.15 bits per heavy atom. The second-order valence-corrected chi connectivity index (χ2v) is 6.01. The molecule has 0 bridgehead atoms. The molecule has 1 aromatic carbocycles. The number of rotatable bonds is 7. The number of ether oxygens (including phenoxy) is 1. The Bertz CT molecular complexity index is 558. The maximum absolute atomic E-state index is 5.78. The molecule has 0 atom stereocenters. The van der Waals surface area contributed by atoms with E-state index in [1.165, 1.54) is 0 Å². The molecule has 4 nitrogen and oxygen atoms in total. The molecule has 1 heterocycles. The standard InChI is InChI=1S/C14H16Br2N2O2/c1-19-7-6-17-5-4-14-18-9-13(20-14)11-8-10(15)2-3-12(11)16/h2-3,8-9,17H,4-7H2,1H3. The highest BCUT2D eigenvalue weighted by Gasteiger charge is 2.10. The number of hydrogen-bond donors (Lipinski definition) is 1. The van der Waals surface area contributed by atoms with Gasteiger partial charge in [-0.25, -0.2) is 4.98 Å². The van der Waals surface area contributed by atoms with E-state index in [2.05, 4.69) is 42.2 Å². The average Bonchev–Trinajstić information content (AvgIpc) is 2.90. The lowest BCUT2D eigenvalue weighted by Crippen LogP contribution is -2.21. The van der Waals surface area contributed by atoms with Gasteiger partial charge in [-0.2, -0.15) is 0 Å². The molecule has 0 aliphatic carbocycles. The van der Waals surface area contributed by atoms with E-state index >= 15 is 0 Å². The minimum absolute atomic E-state index is 0.710. The molecule has 20 heavy (non-hydrogen) atoms. The van der Waals surface area contributed by atoms with Crippen molar-refractivity contribution in [1.82, 2.24) is 10.3 Å². The molecule has 0 saturated carbocycles. The van der Waals surface area contributed by atoms with Gasteiger partial charge >= 0.3 is 0 Å². The topological polar surface area (TPSA) is 47.3 Å². The molecule has 0 saturated heterocycles. The zero-order valence-electron chi connectivity index (χ0n) is 11.2. The second kappa shape index (κ2) is 7.93. The highest BCUT2D eigenvalue weighted by molar-refractivity contribution is 9.11. The van der Waals surface area contributed by atoms with Gasteiger partial charge in [0.15, 0.2) is 11.7 Å². The molecule has 2 aromatic rings. The summed E-state index contributed by atoms with van der Waals surface area (Å²) in [5.74, 6) is 1.50. The fourth-order valence-electron chi connectivity index (χ4n) is 1.73. The molecule has 108 valence electrons. The van der Waals surface area contributed by atoms with Crippen LogP contribution in [0.4, 0.5) is 0 Å². The number of benzene rings is 1. The number of hydrogen-bond acceptors (Lipinski definition) is 4. The fourth-order valence-corrected chi connectivity index (χ4v) is 2.53. The average molecular weight is 404 g/mol. The van der Waals surface area contributed by atoms with E-state index in [0.717, 1.165) is 45.7 Å². The normalized spacial score (nSPS) is 10.9. The largest absolute Gasteiger partial charge is 0.441 e. The third-order valence-electron chi connectivity index (χ3n) is 2.75. The summed E-state index contributed by atoms with van der Waals surface area (Å²) in [6, 6.07) is 5.96. The Kier molecular flexibility index (Phi) is 6.22. The summed E-state index contributed by atoms with van der Waals surface area (Å²) in [4.78, 5) is 4.31. The van der Waals surface area contributed by atoms with Crippen molar-refractivity contribution < 1.29 is 9.15 Å². The summed E-state index contributed by atoms with van der Waals surface area (Å²) in [7, 11) is 1.69. The van der Waals surface area contributed by atoms with E-state index in [1.807, 2.05) is 18.2 Å². The van der Waals surface area contributed by atoms with Crippen molar-refractivity contribution in [3.63, 3.8) is 0 Å². The van der Waals surface area contributed by atoms with Crippen LogP contribution in [0.1, 0.15) is 5.89 Å². The van der Waals surface area contributed by atoms with Crippen LogP contribution < -0.4 is 5.32 Å². The van der Waals surface area contributed by atoms with Crippen LogP contribution in [-0.2, 0) is 11.2 Å². The predicted octanol–water partition coefficient (Wildman–Crippen LogP) is 3.65. The summed E-state index contributed by atoms with van der Waals surface area (Å²) in [6.45, 7) is 2.37. The number of aromatic nitrogens is 1.